The molecule has 24 heavy (non-hydrogen) atoms. The first-order chi connectivity index (χ1) is 10.8. The minimum Gasteiger partial charge on any atom is -0.456 e. The van der Waals surface area contributed by atoms with Crippen LogP contribution in [-0.2, 0) is 19.1 Å². The molecule has 0 spiro atoms. The normalized spacial score (nSPS) is 11.6. The smallest absolute Gasteiger partial charge is 0.338 e. The lowest BCUT2D eigenvalue weighted by Crippen LogP contribution is -2.24. The third kappa shape index (κ3) is 6.03. The number of ether oxygens (including phenoxy) is 2. The van der Waals surface area contributed by atoms with E-state index in [1.54, 1.807) is 65.8 Å². The molecule has 1 aromatic rings. The van der Waals surface area contributed by atoms with Gasteiger partial charge >= 0.3 is 11.9 Å². The molecule has 0 fully saturated rings. The molecular weight excluding hydrogens is 304 g/mol. The summed E-state index contributed by atoms with van der Waals surface area (Å²) in [7, 11) is 0. The Morgan fingerprint density at radius 3 is 1.17 bits per heavy atom. The van der Waals surface area contributed by atoms with E-state index in [0.717, 1.165) is 0 Å². The van der Waals surface area contributed by atoms with Gasteiger partial charge in [-0.05, 0) is 52.7 Å². The zero-order chi connectivity index (χ0) is 18.7. The van der Waals surface area contributed by atoms with Crippen LogP contribution in [0.15, 0.2) is 37.4 Å². The van der Waals surface area contributed by atoms with Gasteiger partial charge in [-0.2, -0.15) is 0 Å². The first kappa shape index (κ1) is 19.7. The van der Waals surface area contributed by atoms with Crippen molar-refractivity contribution in [1.29, 1.82) is 0 Å². The van der Waals surface area contributed by atoms with Crippen molar-refractivity contribution in [3.05, 3.63) is 48.6 Å². The molecule has 130 valence electrons. The molecule has 1 aromatic carbocycles. The van der Waals surface area contributed by atoms with Crippen molar-refractivity contribution in [2.75, 3.05) is 0 Å². The van der Waals surface area contributed by atoms with Crippen LogP contribution in [0, 0.1) is 0 Å². The van der Waals surface area contributed by atoms with Gasteiger partial charge in [-0.25, -0.2) is 9.59 Å². The zero-order valence-electron chi connectivity index (χ0n) is 15.4. The van der Waals surface area contributed by atoms with Gasteiger partial charge in [-0.3, -0.25) is 0 Å². The number of benzene rings is 1. The summed E-state index contributed by atoms with van der Waals surface area (Å²) in [5.74, 6) is -0.942. The highest BCUT2D eigenvalue weighted by Gasteiger charge is 2.21. The summed E-state index contributed by atoms with van der Waals surface area (Å²) in [6.45, 7) is 18.3. The van der Waals surface area contributed by atoms with E-state index < -0.39 is 23.1 Å². The van der Waals surface area contributed by atoms with Crippen molar-refractivity contribution >= 4 is 23.1 Å². The van der Waals surface area contributed by atoms with Gasteiger partial charge in [0.15, 0.2) is 0 Å². The topological polar surface area (TPSA) is 52.6 Å². The van der Waals surface area contributed by atoms with E-state index in [9.17, 15) is 9.59 Å². The van der Waals surface area contributed by atoms with Crippen molar-refractivity contribution < 1.29 is 19.1 Å². The van der Waals surface area contributed by atoms with Gasteiger partial charge in [0.2, 0.25) is 0 Å². The Labute approximate surface area is 144 Å². The average molecular weight is 330 g/mol. The van der Waals surface area contributed by atoms with E-state index in [0.29, 0.717) is 11.1 Å². The van der Waals surface area contributed by atoms with Crippen molar-refractivity contribution in [3.8, 4) is 0 Å². The summed E-state index contributed by atoms with van der Waals surface area (Å²) in [6.07, 6.45) is 0. The number of hydrogen-bond donors (Lipinski definition) is 0. The fourth-order valence-corrected chi connectivity index (χ4v) is 1.79. The number of hydrogen-bond acceptors (Lipinski definition) is 4. The maximum Gasteiger partial charge on any atom is 0.338 e. The van der Waals surface area contributed by atoms with Gasteiger partial charge in [-0.15, -0.1) is 0 Å². The predicted molar refractivity (Wildman–Crippen MR) is 96.2 cm³/mol. The Hall–Kier alpha value is -2.36. The lowest BCUT2D eigenvalue weighted by Gasteiger charge is -2.21. The van der Waals surface area contributed by atoms with Gasteiger partial charge in [0.25, 0.3) is 0 Å². The van der Waals surface area contributed by atoms with Crippen LogP contribution in [-0.4, -0.2) is 23.1 Å². The molecule has 4 heteroatoms. The van der Waals surface area contributed by atoms with Crippen LogP contribution in [0.3, 0.4) is 0 Å². The predicted octanol–water partition coefficient (Wildman–Crippen LogP) is 4.40. The van der Waals surface area contributed by atoms with E-state index in [1.807, 2.05) is 0 Å². The number of carbonyl (C=O) groups is 2. The van der Waals surface area contributed by atoms with E-state index in [4.69, 9.17) is 9.47 Å². The minimum atomic E-state index is -0.578. The third-order valence-electron chi connectivity index (χ3n) is 2.87. The lowest BCUT2D eigenvalue weighted by atomic mass is 10.0. The first-order valence-corrected chi connectivity index (χ1v) is 7.75. The molecule has 0 saturated carbocycles. The second-order valence-electron chi connectivity index (χ2n) is 7.54. The molecule has 4 nitrogen and oxygen atoms in total. The van der Waals surface area contributed by atoms with Gasteiger partial charge < -0.3 is 9.47 Å². The van der Waals surface area contributed by atoms with Crippen LogP contribution in [0.5, 0.6) is 0 Å². The molecule has 0 amide bonds. The molecule has 0 bridgehead atoms. The Morgan fingerprint density at radius 2 is 0.958 bits per heavy atom. The molecule has 0 unspecified atom stereocenters. The molecule has 0 aliphatic heterocycles. The highest BCUT2D eigenvalue weighted by molar-refractivity contribution is 6.17. The van der Waals surface area contributed by atoms with Crippen molar-refractivity contribution in [2.45, 2.75) is 52.7 Å². The van der Waals surface area contributed by atoms with Crippen LogP contribution < -0.4 is 0 Å². The maximum absolute atomic E-state index is 12.0. The molecule has 0 heterocycles. The second kappa shape index (κ2) is 7.04. The third-order valence-corrected chi connectivity index (χ3v) is 2.87. The fraction of sp³-hybridized carbons (Fsp3) is 0.400. The number of rotatable bonds is 4. The average Bonchev–Trinajstić information content (AvgIpc) is 2.42. The van der Waals surface area contributed by atoms with Crippen LogP contribution in [0.1, 0.15) is 52.7 Å². The molecule has 0 N–H and O–H groups in total. The van der Waals surface area contributed by atoms with Crippen LogP contribution in [0.4, 0.5) is 0 Å². The van der Waals surface area contributed by atoms with E-state index in [1.165, 1.54) is 0 Å². The summed E-state index contributed by atoms with van der Waals surface area (Å²) in [5, 5.41) is 0. The molecule has 0 aromatic heterocycles. The largest absolute Gasteiger partial charge is 0.456 e. The SMILES string of the molecule is C=C(C(=O)OC(C)(C)C)c1ccc(C(=C)C(=O)OC(C)(C)C)cc1. The molecule has 0 saturated heterocycles. The van der Waals surface area contributed by atoms with Gasteiger partial charge in [0, 0.05) is 0 Å². The summed E-state index contributed by atoms with van der Waals surface area (Å²) >= 11 is 0. The van der Waals surface area contributed by atoms with E-state index in [2.05, 4.69) is 13.2 Å². The van der Waals surface area contributed by atoms with Crippen LogP contribution in [0.25, 0.3) is 11.1 Å². The summed E-state index contributed by atoms with van der Waals surface area (Å²) < 4.78 is 10.6. The minimum absolute atomic E-state index is 0.263. The quantitative estimate of drug-likeness (QED) is 0.606. The summed E-state index contributed by atoms with van der Waals surface area (Å²) in [5.41, 5.74) is 0.629. The first-order valence-electron chi connectivity index (χ1n) is 7.75. The highest BCUT2D eigenvalue weighted by Crippen LogP contribution is 2.22. The van der Waals surface area contributed by atoms with Crippen molar-refractivity contribution in [3.63, 3.8) is 0 Å². The summed E-state index contributed by atoms with van der Waals surface area (Å²) in [6, 6.07) is 6.82. The standard InChI is InChI=1S/C20H26O4/c1-13(17(21)23-19(3,4)5)15-9-11-16(12-10-15)14(2)18(22)24-20(6,7)8/h9-12H,1-2H2,3-8H3. The Bertz CT molecular complexity index is 593. The Morgan fingerprint density at radius 1 is 0.708 bits per heavy atom. The molecule has 0 radical (unpaired) electrons. The van der Waals surface area contributed by atoms with Crippen molar-refractivity contribution in [2.24, 2.45) is 0 Å². The highest BCUT2D eigenvalue weighted by atomic mass is 16.6. The van der Waals surface area contributed by atoms with E-state index in [-0.39, 0.29) is 11.1 Å². The Kier molecular flexibility index (Phi) is 5.77. The number of carbonyl (C=O) groups excluding carboxylic acids is 2. The van der Waals surface area contributed by atoms with Gasteiger partial charge in [0.1, 0.15) is 11.2 Å². The maximum atomic E-state index is 12.0. The molecular formula is C20H26O4. The van der Waals surface area contributed by atoms with E-state index >= 15 is 0 Å². The Balaban J connectivity index is 2.86. The second-order valence-corrected chi connectivity index (χ2v) is 7.54. The van der Waals surface area contributed by atoms with Gasteiger partial charge in [-0.1, -0.05) is 37.4 Å². The summed E-state index contributed by atoms with van der Waals surface area (Å²) in [4.78, 5) is 24.1. The monoisotopic (exact) mass is 330 g/mol. The molecule has 1 rings (SSSR count). The zero-order valence-corrected chi connectivity index (χ0v) is 15.4. The van der Waals surface area contributed by atoms with Gasteiger partial charge in [0.05, 0.1) is 11.1 Å². The van der Waals surface area contributed by atoms with Crippen LogP contribution in [0.2, 0.25) is 0 Å². The number of esters is 2. The lowest BCUT2D eigenvalue weighted by molar-refractivity contribution is -0.148. The van der Waals surface area contributed by atoms with Crippen LogP contribution >= 0.6 is 0 Å². The molecule has 0 aliphatic carbocycles. The molecule has 0 atom stereocenters. The fourth-order valence-electron chi connectivity index (χ4n) is 1.79. The molecule has 0 aliphatic rings. The van der Waals surface area contributed by atoms with Crippen molar-refractivity contribution in [1.82, 2.24) is 0 Å².